The molecule has 5 nitrogen and oxygen atoms in total. The number of hydrogen-bond acceptors (Lipinski definition) is 2. The van der Waals surface area contributed by atoms with Crippen LogP contribution < -0.4 is 0 Å². The van der Waals surface area contributed by atoms with E-state index in [2.05, 4.69) is 10.0 Å². The predicted molar refractivity (Wildman–Crippen MR) is 58.6 cm³/mol. The minimum absolute atomic E-state index is 0.289. The lowest BCUT2D eigenvalue weighted by atomic mass is 10.1. The van der Waals surface area contributed by atoms with Crippen molar-refractivity contribution in [1.29, 1.82) is 0 Å². The van der Waals surface area contributed by atoms with Gasteiger partial charge in [0.15, 0.2) is 0 Å². The molecule has 0 rings (SSSR count). The summed E-state index contributed by atoms with van der Waals surface area (Å²) >= 11 is 0. The first-order valence-electron chi connectivity index (χ1n) is 5.50. The molecule has 0 heterocycles. The Balaban J connectivity index is 2.98. The molecule has 0 aromatic carbocycles. The highest BCUT2D eigenvalue weighted by Gasteiger charge is 1.96. The van der Waals surface area contributed by atoms with Crippen molar-refractivity contribution >= 4 is 5.97 Å². The van der Waals surface area contributed by atoms with Crippen molar-refractivity contribution in [3.8, 4) is 0 Å². The second kappa shape index (κ2) is 10.9. The number of rotatable bonds is 10. The minimum atomic E-state index is -0.704. The summed E-state index contributed by atoms with van der Waals surface area (Å²) in [5.74, 6) is -0.704. The summed E-state index contributed by atoms with van der Waals surface area (Å²) in [6.45, 7) is 0.593. The summed E-state index contributed by atoms with van der Waals surface area (Å²) in [5, 5.41) is 11.9. The Labute approximate surface area is 90.1 Å². The second-order valence-corrected chi connectivity index (χ2v) is 3.57. The molecule has 86 valence electrons. The quantitative estimate of drug-likeness (QED) is 0.260. The molecule has 0 bridgehead atoms. The zero-order valence-corrected chi connectivity index (χ0v) is 9.06. The number of carboxylic acid groups (broad SMARTS) is 1. The molecule has 0 spiro atoms. The van der Waals surface area contributed by atoms with Gasteiger partial charge in [-0.25, -0.2) is 0 Å². The fraction of sp³-hybridized carbons (Fsp3) is 0.900. The Bertz CT molecular complexity index is 205. The summed E-state index contributed by atoms with van der Waals surface area (Å²) in [6.07, 6.45) is 7.53. The molecular weight excluding hydrogens is 194 g/mol. The highest BCUT2D eigenvalue weighted by molar-refractivity contribution is 5.66. The number of carboxylic acids is 1. The summed E-state index contributed by atoms with van der Waals surface area (Å²) in [5.41, 5.74) is 8.02. The van der Waals surface area contributed by atoms with Crippen LogP contribution in [0.3, 0.4) is 0 Å². The molecule has 0 radical (unpaired) electrons. The Kier molecular flexibility index (Phi) is 9.98. The molecule has 0 amide bonds. The van der Waals surface area contributed by atoms with Crippen molar-refractivity contribution in [2.45, 2.75) is 51.4 Å². The van der Waals surface area contributed by atoms with E-state index in [1.54, 1.807) is 0 Å². The summed E-state index contributed by atoms with van der Waals surface area (Å²) in [6, 6.07) is 0. The Morgan fingerprint density at radius 1 is 1.07 bits per heavy atom. The van der Waals surface area contributed by atoms with E-state index in [1.165, 1.54) is 0 Å². The summed E-state index contributed by atoms with van der Waals surface area (Å²) in [4.78, 5) is 12.9. The average Bonchev–Trinajstić information content (AvgIpc) is 2.20. The molecule has 0 saturated heterocycles. The molecular formula is C10H19N3O2. The van der Waals surface area contributed by atoms with Gasteiger partial charge in [-0.2, -0.15) is 0 Å². The van der Waals surface area contributed by atoms with Gasteiger partial charge in [0.1, 0.15) is 0 Å². The normalized spacial score (nSPS) is 9.60. The third-order valence-corrected chi connectivity index (χ3v) is 2.21. The fourth-order valence-electron chi connectivity index (χ4n) is 1.39. The Morgan fingerprint density at radius 2 is 1.60 bits per heavy atom. The van der Waals surface area contributed by atoms with Crippen molar-refractivity contribution in [2.75, 3.05) is 6.54 Å². The molecule has 1 N–H and O–H groups in total. The maximum Gasteiger partial charge on any atom is 0.303 e. The third kappa shape index (κ3) is 12.8. The number of carbonyl (C=O) groups is 1. The van der Waals surface area contributed by atoms with Gasteiger partial charge in [-0.15, -0.1) is 0 Å². The van der Waals surface area contributed by atoms with Gasteiger partial charge in [0.25, 0.3) is 0 Å². The number of azide groups is 1. The van der Waals surface area contributed by atoms with Crippen LogP contribution in [-0.2, 0) is 4.79 Å². The maximum absolute atomic E-state index is 10.2. The lowest BCUT2D eigenvalue weighted by molar-refractivity contribution is -0.137. The van der Waals surface area contributed by atoms with Crippen LogP contribution in [-0.4, -0.2) is 17.6 Å². The van der Waals surface area contributed by atoms with Gasteiger partial charge in [0.05, 0.1) is 0 Å². The highest BCUT2D eigenvalue weighted by atomic mass is 16.4. The zero-order chi connectivity index (χ0) is 11.4. The SMILES string of the molecule is [N-]=[N+]=NCCCCCCCCCC(=O)O. The zero-order valence-electron chi connectivity index (χ0n) is 9.06. The van der Waals surface area contributed by atoms with Crippen molar-refractivity contribution in [2.24, 2.45) is 5.11 Å². The van der Waals surface area contributed by atoms with Gasteiger partial charge in [-0.3, -0.25) is 4.79 Å². The lowest BCUT2D eigenvalue weighted by Gasteiger charge is -1.99. The van der Waals surface area contributed by atoms with E-state index in [-0.39, 0.29) is 6.42 Å². The molecule has 0 aliphatic rings. The van der Waals surface area contributed by atoms with Crippen molar-refractivity contribution in [1.82, 2.24) is 0 Å². The van der Waals surface area contributed by atoms with E-state index >= 15 is 0 Å². The number of unbranched alkanes of at least 4 members (excludes halogenated alkanes) is 6. The van der Waals surface area contributed by atoms with Crippen LogP contribution in [0.4, 0.5) is 0 Å². The van der Waals surface area contributed by atoms with Crippen LogP contribution in [0.15, 0.2) is 5.11 Å². The van der Waals surface area contributed by atoms with Crippen LogP contribution in [0.1, 0.15) is 51.4 Å². The largest absolute Gasteiger partial charge is 0.481 e. The van der Waals surface area contributed by atoms with Crippen LogP contribution >= 0.6 is 0 Å². The van der Waals surface area contributed by atoms with Gasteiger partial charge in [0, 0.05) is 17.9 Å². The molecule has 15 heavy (non-hydrogen) atoms. The molecule has 0 aromatic heterocycles. The average molecular weight is 213 g/mol. The molecule has 0 atom stereocenters. The standard InChI is InChI=1S/C10H19N3O2/c11-13-12-9-7-5-3-1-2-4-6-8-10(14)15/h1-9H2,(H,14,15). The van der Waals surface area contributed by atoms with E-state index in [1.807, 2.05) is 0 Å². The molecule has 0 unspecified atom stereocenters. The van der Waals surface area contributed by atoms with E-state index in [0.29, 0.717) is 6.54 Å². The molecule has 5 heteroatoms. The number of nitrogens with zero attached hydrogens (tertiary/aromatic N) is 3. The third-order valence-electron chi connectivity index (χ3n) is 2.21. The second-order valence-electron chi connectivity index (χ2n) is 3.57. The first kappa shape index (κ1) is 13.8. The van der Waals surface area contributed by atoms with E-state index in [0.717, 1.165) is 44.9 Å². The molecule has 0 fully saturated rings. The van der Waals surface area contributed by atoms with Gasteiger partial charge in [-0.1, -0.05) is 37.2 Å². The van der Waals surface area contributed by atoms with Gasteiger partial charge in [0.2, 0.25) is 0 Å². The van der Waals surface area contributed by atoms with Gasteiger partial charge >= 0.3 is 5.97 Å². The van der Waals surface area contributed by atoms with Crippen LogP contribution in [0, 0.1) is 0 Å². The molecule has 0 aliphatic carbocycles. The van der Waals surface area contributed by atoms with Crippen molar-refractivity contribution in [3.05, 3.63) is 10.4 Å². The number of aliphatic carboxylic acids is 1. The first-order chi connectivity index (χ1) is 7.27. The molecule has 0 saturated carbocycles. The van der Waals surface area contributed by atoms with Gasteiger partial charge < -0.3 is 5.11 Å². The number of hydrogen-bond donors (Lipinski definition) is 1. The fourth-order valence-corrected chi connectivity index (χ4v) is 1.39. The van der Waals surface area contributed by atoms with E-state index in [4.69, 9.17) is 10.6 Å². The van der Waals surface area contributed by atoms with Crippen LogP contribution in [0.5, 0.6) is 0 Å². The smallest absolute Gasteiger partial charge is 0.303 e. The topological polar surface area (TPSA) is 86.1 Å². The van der Waals surface area contributed by atoms with E-state index < -0.39 is 5.97 Å². The van der Waals surface area contributed by atoms with E-state index in [9.17, 15) is 4.79 Å². The van der Waals surface area contributed by atoms with Crippen molar-refractivity contribution in [3.63, 3.8) is 0 Å². The molecule has 0 aliphatic heterocycles. The minimum Gasteiger partial charge on any atom is -0.481 e. The van der Waals surface area contributed by atoms with Crippen molar-refractivity contribution < 1.29 is 9.90 Å². The van der Waals surface area contributed by atoms with Crippen LogP contribution in [0.25, 0.3) is 10.4 Å². The van der Waals surface area contributed by atoms with Crippen LogP contribution in [0.2, 0.25) is 0 Å². The molecule has 0 aromatic rings. The maximum atomic E-state index is 10.2. The predicted octanol–water partition coefficient (Wildman–Crippen LogP) is 3.50. The Morgan fingerprint density at radius 3 is 2.13 bits per heavy atom. The summed E-state index contributed by atoms with van der Waals surface area (Å²) in [7, 11) is 0. The lowest BCUT2D eigenvalue weighted by Crippen LogP contribution is -1.93. The summed E-state index contributed by atoms with van der Waals surface area (Å²) < 4.78 is 0. The Hall–Kier alpha value is -1.22. The highest BCUT2D eigenvalue weighted by Crippen LogP contribution is 2.08. The van der Waals surface area contributed by atoms with Gasteiger partial charge in [-0.05, 0) is 18.4 Å². The first-order valence-corrected chi connectivity index (χ1v) is 5.50. The monoisotopic (exact) mass is 213 g/mol.